The van der Waals surface area contributed by atoms with Gasteiger partial charge in [0.1, 0.15) is 6.29 Å². The fourth-order valence-corrected chi connectivity index (χ4v) is 1.53. The van der Waals surface area contributed by atoms with Crippen molar-refractivity contribution in [2.75, 3.05) is 18.5 Å². The van der Waals surface area contributed by atoms with Crippen molar-refractivity contribution >= 4 is 12.0 Å². The lowest BCUT2D eigenvalue weighted by molar-refractivity contribution is 0.112. The molecular weight excluding hydrogens is 174 g/mol. The van der Waals surface area contributed by atoms with Crippen LogP contribution in [0, 0.1) is 13.8 Å². The van der Waals surface area contributed by atoms with E-state index in [-0.39, 0.29) is 0 Å². The van der Waals surface area contributed by atoms with Crippen molar-refractivity contribution in [3.63, 3.8) is 0 Å². The number of aldehydes is 1. The van der Waals surface area contributed by atoms with Gasteiger partial charge in [0.05, 0.1) is 0 Å². The molecule has 0 aliphatic carbocycles. The maximum absolute atomic E-state index is 10.7. The van der Waals surface area contributed by atoms with E-state index in [4.69, 9.17) is 0 Å². The molecule has 76 valence electrons. The van der Waals surface area contributed by atoms with Crippen LogP contribution >= 0.6 is 0 Å². The molecule has 0 N–H and O–H groups in total. The zero-order valence-electron chi connectivity index (χ0n) is 9.29. The van der Waals surface area contributed by atoms with Gasteiger partial charge in [-0.3, -0.25) is 4.79 Å². The van der Waals surface area contributed by atoms with Crippen LogP contribution in [-0.4, -0.2) is 19.9 Å². The lowest BCUT2D eigenvalue weighted by atomic mass is 10.0. The fraction of sp³-hybridized carbons (Fsp3) is 0.417. The van der Waals surface area contributed by atoms with Crippen LogP contribution in [0.15, 0.2) is 12.1 Å². The van der Waals surface area contributed by atoms with Crippen molar-refractivity contribution in [1.29, 1.82) is 0 Å². The zero-order chi connectivity index (χ0) is 10.7. The highest BCUT2D eigenvalue weighted by Crippen LogP contribution is 2.22. The van der Waals surface area contributed by atoms with Gasteiger partial charge in [-0.15, -0.1) is 0 Å². The molecule has 0 aliphatic rings. The number of hydrogen-bond acceptors (Lipinski definition) is 2. The lowest BCUT2D eigenvalue weighted by Gasteiger charge is -2.20. The molecule has 1 aromatic carbocycles. The van der Waals surface area contributed by atoms with E-state index in [0.29, 0.717) is 0 Å². The smallest absolute Gasteiger partial charge is 0.150 e. The summed E-state index contributed by atoms with van der Waals surface area (Å²) in [6, 6.07) is 4.02. The Bertz CT molecular complexity index is 344. The van der Waals surface area contributed by atoms with Crippen molar-refractivity contribution in [2.45, 2.75) is 20.8 Å². The van der Waals surface area contributed by atoms with E-state index < -0.39 is 0 Å². The quantitative estimate of drug-likeness (QED) is 0.684. The van der Waals surface area contributed by atoms with E-state index in [2.05, 4.69) is 24.9 Å². The highest BCUT2D eigenvalue weighted by atomic mass is 16.1. The second kappa shape index (κ2) is 4.27. The summed E-state index contributed by atoms with van der Waals surface area (Å²) in [4.78, 5) is 12.9. The molecule has 0 radical (unpaired) electrons. The largest absolute Gasteiger partial charge is 0.375 e. The Morgan fingerprint density at radius 2 is 1.93 bits per heavy atom. The minimum atomic E-state index is 0.788. The first-order chi connectivity index (χ1) is 6.60. The number of carbonyl (C=O) groups excluding carboxylic acids is 1. The minimum absolute atomic E-state index is 0.788. The molecule has 2 nitrogen and oxygen atoms in total. The summed E-state index contributed by atoms with van der Waals surface area (Å²) in [5.41, 5.74) is 4.19. The predicted molar refractivity (Wildman–Crippen MR) is 60.2 cm³/mol. The molecular formula is C12H17NO. The summed E-state index contributed by atoms with van der Waals surface area (Å²) in [6.07, 6.45) is 0.915. The Morgan fingerprint density at radius 3 is 2.43 bits per heavy atom. The fourth-order valence-electron chi connectivity index (χ4n) is 1.53. The standard InChI is InChI=1S/C12H17NO/c1-5-13(4)12-7-9(2)11(8-14)6-10(12)3/h6-8H,5H2,1-4H3. The first-order valence-electron chi connectivity index (χ1n) is 4.87. The molecule has 0 amide bonds. The molecule has 0 saturated heterocycles. The summed E-state index contributed by atoms with van der Waals surface area (Å²) in [7, 11) is 2.06. The molecule has 1 rings (SSSR count). The number of rotatable bonds is 3. The van der Waals surface area contributed by atoms with Crippen LogP contribution in [-0.2, 0) is 0 Å². The Balaban J connectivity index is 3.21. The third-order valence-electron chi connectivity index (χ3n) is 2.60. The van der Waals surface area contributed by atoms with Gasteiger partial charge in [0.15, 0.2) is 0 Å². The van der Waals surface area contributed by atoms with Crippen molar-refractivity contribution < 1.29 is 4.79 Å². The maximum atomic E-state index is 10.7. The van der Waals surface area contributed by atoms with Gasteiger partial charge in [-0.1, -0.05) is 0 Å². The Morgan fingerprint density at radius 1 is 1.29 bits per heavy atom. The second-order valence-electron chi connectivity index (χ2n) is 3.63. The first-order valence-corrected chi connectivity index (χ1v) is 4.87. The summed E-state index contributed by atoms with van der Waals surface area (Å²) in [5, 5.41) is 0. The maximum Gasteiger partial charge on any atom is 0.150 e. The molecule has 0 atom stereocenters. The molecule has 0 spiro atoms. The third kappa shape index (κ3) is 1.95. The first kappa shape index (κ1) is 10.8. The average molecular weight is 191 g/mol. The summed E-state index contributed by atoms with van der Waals surface area (Å²) in [6.45, 7) is 7.09. The molecule has 2 heteroatoms. The average Bonchev–Trinajstić information content (AvgIpc) is 2.19. The van der Waals surface area contributed by atoms with E-state index in [1.807, 2.05) is 19.9 Å². The highest BCUT2D eigenvalue weighted by Gasteiger charge is 2.06. The van der Waals surface area contributed by atoms with Crippen LogP contribution in [0.25, 0.3) is 0 Å². The van der Waals surface area contributed by atoms with Crippen LogP contribution < -0.4 is 4.90 Å². The second-order valence-corrected chi connectivity index (χ2v) is 3.63. The molecule has 0 saturated carbocycles. The van der Waals surface area contributed by atoms with Gasteiger partial charge in [0.2, 0.25) is 0 Å². The number of benzene rings is 1. The van der Waals surface area contributed by atoms with E-state index in [9.17, 15) is 4.79 Å². The van der Waals surface area contributed by atoms with Crippen molar-refractivity contribution in [2.24, 2.45) is 0 Å². The Labute approximate surface area is 85.5 Å². The van der Waals surface area contributed by atoms with E-state index in [0.717, 1.165) is 29.5 Å². The van der Waals surface area contributed by atoms with E-state index in [1.54, 1.807) is 0 Å². The minimum Gasteiger partial charge on any atom is -0.375 e. The molecule has 0 heterocycles. The van der Waals surface area contributed by atoms with Crippen LogP contribution in [0.3, 0.4) is 0 Å². The molecule has 1 aromatic rings. The molecule has 0 aromatic heterocycles. The van der Waals surface area contributed by atoms with Gasteiger partial charge in [-0.05, 0) is 44.0 Å². The van der Waals surface area contributed by atoms with E-state index >= 15 is 0 Å². The number of anilines is 1. The van der Waals surface area contributed by atoms with Crippen LogP contribution in [0.5, 0.6) is 0 Å². The predicted octanol–water partition coefficient (Wildman–Crippen LogP) is 2.57. The van der Waals surface area contributed by atoms with E-state index in [1.165, 1.54) is 5.69 Å². The van der Waals surface area contributed by atoms with Crippen molar-refractivity contribution in [1.82, 2.24) is 0 Å². The Kier molecular flexibility index (Phi) is 3.28. The molecule has 0 unspecified atom stereocenters. The van der Waals surface area contributed by atoms with Gasteiger partial charge >= 0.3 is 0 Å². The topological polar surface area (TPSA) is 20.3 Å². The van der Waals surface area contributed by atoms with Crippen molar-refractivity contribution in [3.8, 4) is 0 Å². The number of aryl methyl sites for hydroxylation is 2. The van der Waals surface area contributed by atoms with Gasteiger partial charge in [0, 0.05) is 24.8 Å². The van der Waals surface area contributed by atoms with Crippen LogP contribution in [0.4, 0.5) is 5.69 Å². The van der Waals surface area contributed by atoms with Gasteiger partial charge in [0.25, 0.3) is 0 Å². The number of carbonyl (C=O) groups is 1. The summed E-state index contributed by atoms with van der Waals surface area (Å²) >= 11 is 0. The highest BCUT2D eigenvalue weighted by molar-refractivity contribution is 5.79. The zero-order valence-corrected chi connectivity index (χ0v) is 9.29. The van der Waals surface area contributed by atoms with Gasteiger partial charge < -0.3 is 4.90 Å². The summed E-state index contributed by atoms with van der Waals surface area (Å²) < 4.78 is 0. The van der Waals surface area contributed by atoms with Crippen molar-refractivity contribution in [3.05, 3.63) is 28.8 Å². The van der Waals surface area contributed by atoms with Crippen LogP contribution in [0.1, 0.15) is 28.4 Å². The number of nitrogens with zero attached hydrogens (tertiary/aromatic N) is 1. The third-order valence-corrected chi connectivity index (χ3v) is 2.60. The monoisotopic (exact) mass is 191 g/mol. The molecule has 0 aliphatic heterocycles. The Hall–Kier alpha value is -1.31. The SMILES string of the molecule is CCN(C)c1cc(C)c(C=O)cc1C. The number of hydrogen-bond donors (Lipinski definition) is 0. The van der Waals surface area contributed by atoms with Gasteiger partial charge in [-0.2, -0.15) is 0 Å². The normalized spacial score (nSPS) is 10.0. The molecule has 0 bridgehead atoms. The van der Waals surface area contributed by atoms with Gasteiger partial charge in [-0.25, -0.2) is 0 Å². The van der Waals surface area contributed by atoms with Crippen LogP contribution in [0.2, 0.25) is 0 Å². The molecule has 0 fully saturated rings. The lowest BCUT2D eigenvalue weighted by Crippen LogP contribution is -2.17. The molecule has 14 heavy (non-hydrogen) atoms. The summed E-state index contributed by atoms with van der Waals surface area (Å²) in [5.74, 6) is 0.